The van der Waals surface area contributed by atoms with Crippen molar-refractivity contribution in [1.82, 2.24) is 9.80 Å². The summed E-state index contributed by atoms with van der Waals surface area (Å²) in [5.74, 6) is 1.03. The van der Waals surface area contributed by atoms with E-state index in [4.69, 9.17) is 9.73 Å². The highest BCUT2D eigenvalue weighted by Crippen LogP contribution is 2.42. The molecule has 160 valence electrons. The second-order valence-corrected chi connectivity index (χ2v) is 9.23. The average Bonchev–Trinajstić information content (AvgIpc) is 3.06. The van der Waals surface area contributed by atoms with Gasteiger partial charge in [0.15, 0.2) is 0 Å². The lowest BCUT2D eigenvalue weighted by Crippen LogP contribution is -2.49. The minimum absolute atomic E-state index is 0.642. The van der Waals surface area contributed by atoms with Crippen LogP contribution in [-0.4, -0.2) is 66.5 Å². The number of fused-ring (bicyclic) bond motifs is 2. The quantitative estimate of drug-likeness (QED) is 0.749. The molecule has 30 heavy (non-hydrogen) atoms. The summed E-state index contributed by atoms with van der Waals surface area (Å²) in [6.45, 7) is 7.81. The van der Waals surface area contributed by atoms with Crippen LogP contribution in [0.4, 0.5) is 16.4 Å². The normalized spacial score (nSPS) is 16.8. The summed E-state index contributed by atoms with van der Waals surface area (Å²) in [4.78, 5) is 21.1. The molecule has 1 aromatic heterocycles. The van der Waals surface area contributed by atoms with Gasteiger partial charge >= 0.3 is 5.97 Å². The number of hydrogen-bond donors (Lipinski definition) is 2. The number of para-hydroxylation sites is 2. The van der Waals surface area contributed by atoms with Crippen molar-refractivity contribution in [2.24, 2.45) is 10.4 Å². The molecule has 0 spiro atoms. The SMILES string of the molecule is COc1csc2c1C(N1CCN(CCC(C)(C)C(=O)O)CC1)=Nc1ccccc1N2. The van der Waals surface area contributed by atoms with Crippen molar-refractivity contribution in [3.8, 4) is 5.75 Å². The average molecular weight is 429 g/mol. The number of benzene rings is 1. The van der Waals surface area contributed by atoms with Gasteiger partial charge in [0.2, 0.25) is 0 Å². The van der Waals surface area contributed by atoms with Gasteiger partial charge in [-0.2, -0.15) is 0 Å². The molecular weight excluding hydrogens is 400 g/mol. The van der Waals surface area contributed by atoms with Gasteiger partial charge in [0.1, 0.15) is 16.6 Å². The second kappa shape index (κ2) is 8.28. The van der Waals surface area contributed by atoms with Gasteiger partial charge < -0.3 is 20.1 Å². The Kier molecular flexibility index (Phi) is 5.71. The van der Waals surface area contributed by atoms with Crippen LogP contribution in [0.15, 0.2) is 34.6 Å². The number of nitrogens with zero attached hydrogens (tertiary/aromatic N) is 3. The van der Waals surface area contributed by atoms with Crippen LogP contribution < -0.4 is 10.1 Å². The van der Waals surface area contributed by atoms with E-state index in [0.717, 1.165) is 66.2 Å². The molecule has 2 aliphatic rings. The monoisotopic (exact) mass is 428 g/mol. The summed E-state index contributed by atoms with van der Waals surface area (Å²) < 4.78 is 5.64. The van der Waals surface area contributed by atoms with Crippen LogP contribution in [0, 0.1) is 5.41 Å². The number of carboxylic acids is 1. The standard InChI is InChI=1S/C22H28N4O3S/c1-22(2,21(27)28)8-9-25-10-12-26(13-11-25)19-18-17(29-3)14-30-20(18)24-16-7-5-4-6-15(16)23-19/h4-7,14,24H,8-13H2,1-3H3,(H,27,28). The molecule has 1 aromatic carbocycles. The molecule has 2 N–H and O–H groups in total. The van der Waals surface area contributed by atoms with E-state index < -0.39 is 11.4 Å². The van der Waals surface area contributed by atoms with Gasteiger partial charge in [0, 0.05) is 31.6 Å². The third kappa shape index (κ3) is 4.02. The van der Waals surface area contributed by atoms with Crippen LogP contribution in [-0.2, 0) is 4.79 Å². The van der Waals surface area contributed by atoms with Gasteiger partial charge in [-0.1, -0.05) is 12.1 Å². The summed E-state index contributed by atoms with van der Waals surface area (Å²) in [5, 5.41) is 15.9. The fraction of sp³-hybridized carbons (Fsp3) is 0.455. The van der Waals surface area contributed by atoms with Crippen molar-refractivity contribution < 1.29 is 14.6 Å². The van der Waals surface area contributed by atoms with E-state index in [1.165, 1.54) is 0 Å². The number of piperazine rings is 1. The minimum atomic E-state index is -0.739. The maximum absolute atomic E-state index is 11.4. The Labute approximate surface area is 181 Å². The molecule has 0 radical (unpaired) electrons. The zero-order valence-corrected chi connectivity index (χ0v) is 18.5. The molecule has 2 aliphatic heterocycles. The first kappa shape index (κ1) is 20.7. The molecule has 4 rings (SSSR count). The Bertz CT molecular complexity index is 961. The molecule has 2 aromatic rings. The Morgan fingerprint density at radius 1 is 1.27 bits per heavy atom. The Morgan fingerprint density at radius 2 is 2.00 bits per heavy atom. The first-order chi connectivity index (χ1) is 14.4. The van der Waals surface area contributed by atoms with Crippen molar-refractivity contribution in [2.45, 2.75) is 20.3 Å². The molecule has 0 amide bonds. The maximum atomic E-state index is 11.4. The third-order valence-corrected chi connectivity index (χ3v) is 6.76. The zero-order chi connectivity index (χ0) is 21.3. The van der Waals surface area contributed by atoms with Gasteiger partial charge in [-0.05, 0) is 38.9 Å². The van der Waals surface area contributed by atoms with Crippen LogP contribution >= 0.6 is 11.3 Å². The largest absolute Gasteiger partial charge is 0.495 e. The number of ether oxygens (including phenoxy) is 1. The number of amidine groups is 1. The fourth-order valence-corrected chi connectivity index (χ4v) is 4.64. The first-order valence-electron chi connectivity index (χ1n) is 10.2. The van der Waals surface area contributed by atoms with Crippen molar-refractivity contribution >= 4 is 39.5 Å². The number of anilines is 2. The Hall–Kier alpha value is -2.58. The van der Waals surface area contributed by atoms with Crippen LogP contribution in [0.2, 0.25) is 0 Å². The highest BCUT2D eigenvalue weighted by molar-refractivity contribution is 7.15. The van der Waals surface area contributed by atoms with Crippen LogP contribution in [0.25, 0.3) is 0 Å². The molecule has 1 saturated heterocycles. The van der Waals surface area contributed by atoms with Crippen LogP contribution in [0.1, 0.15) is 25.8 Å². The molecule has 7 nitrogen and oxygen atoms in total. The van der Waals surface area contributed by atoms with E-state index in [0.29, 0.717) is 6.42 Å². The molecular formula is C22H28N4O3S. The van der Waals surface area contributed by atoms with Gasteiger partial charge in [0.25, 0.3) is 0 Å². The molecule has 0 saturated carbocycles. The van der Waals surface area contributed by atoms with E-state index in [1.807, 2.05) is 29.6 Å². The fourth-order valence-electron chi connectivity index (χ4n) is 3.72. The number of carboxylic acid groups (broad SMARTS) is 1. The molecule has 0 unspecified atom stereocenters. The number of hydrogen-bond acceptors (Lipinski definition) is 7. The number of aliphatic imine (C=N–C) groups is 1. The highest BCUT2D eigenvalue weighted by Gasteiger charge is 2.31. The van der Waals surface area contributed by atoms with Crippen molar-refractivity contribution in [3.05, 3.63) is 35.2 Å². The van der Waals surface area contributed by atoms with Crippen molar-refractivity contribution in [3.63, 3.8) is 0 Å². The lowest BCUT2D eigenvalue weighted by molar-refractivity contribution is -0.147. The summed E-state index contributed by atoms with van der Waals surface area (Å²) in [6.07, 6.45) is 0.642. The van der Waals surface area contributed by atoms with Gasteiger partial charge in [-0.3, -0.25) is 9.69 Å². The lowest BCUT2D eigenvalue weighted by Gasteiger charge is -2.37. The van der Waals surface area contributed by atoms with Crippen molar-refractivity contribution in [1.29, 1.82) is 0 Å². The molecule has 0 aliphatic carbocycles. The predicted molar refractivity (Wildman–Crippen MR) is 121 cm³/mol. The molecule has 0 bridgehead atoms. The third-order valence-electron chi connectivity index (χ3n) is 5.88. The van der Waals surface area contributed by atoms with E-state index >= 15 is 0 Å². The van der Waals surface area contributed by atoms with Crippen LogP contribution in [0.5, 0.6) is 5.75 Å². The maximum Gasteiger partial charge on any atom is 0.309 e. The number of methoxy groups -OCH3 is 1. The van der Waals surface area contributed by atoms with E-state index in [9.17, 15) is 9.90 Å². The zero-order valence-electron chi connectivity index (χ0n) is 17.6. The predicted octanol–water partition coefficient (Wildman–Crippen LogP) is 4.01. The summed E-state index contributed by atoms with van der Waals surface area (Å²) in [6, 6.07) is 8.07. The van der Waals surface area contributed by atoms with Gasteiger partial charge in [-0.25, -0.2) is 4.99 Å². The number of nitrogens with one attached hydrogen (secondary N) is 1. The Morgan fingerprint density at radius 3 is 2.70 bits per heavy atom. The highest BCUT2D eigenvalue weighted by atomic mass is 32.1. The van der Waals surface area contributed by atoms with Crippen molar-refractivity contribution in [2.75, 3.05) is 45.2 Å². The Balaban J connectivity index is 1.53. The molecule has 8 heteroatoms. The van der Waals surface area contributed by atoms with E-state index in [1.54, 1.807) is 32.3 Å². The number of thiophene rings is 1. The first-order valence-corrected chi connectivity index (χ1v) is 11.1. The van der Waals surface area contributed by atoms with Gasteiger partial charge in [0.05, 0.1) is 29.5 Å². The summed E-state index contributed by atoms with van der Waals surface area (Å²) >= 11 is 1.63. The summed E-state index contributed by atoms with van der Waals surface area (Å²) in [5.41, 5.74) is 2.23. The molecule has 3 heterocycles. The van der Waals surface area contributed by atoms with Crippen LogP contribution in [0.3, 0.4) is 0 Å². The molecule has 0 atom stereocenters. The number of aliphatic carboxylic acids is 1. The van der Waals surface area contributed by atoms with Gasteiger partial charge in [-0.15, -0.1) is 11.3 Å². The summed E-state index contributed by atoms with van der Waals surface area (Å²) in [7, 11) is 1.69. The van der Waals surface area contributed by atoms with E-state index in [-0.39, 0.29) is 0 Å². The number of carbonyl (C=O) groups is 1. The topological polar surface area (TPSA) is 77.4 Å². The lowest BCUT2D eigenvalue weighted by atomic mass is 9.89. The van der Waals surface area contributed by atoms with E-state index in [2.05, 4.69) is 15.1 Å². The number of rotatable bonds is 5. The smallest absolute Gasteiger partial charge is 0.309 e. The second-order valence-electron chi connectivity index (χ2n) is 8.35. The molecule has 1 fully saturated rings. The minimum Gasteiger partial charge on any atom is -0.495 e.